The molecule has 0 aliphatic rings. The van der Waals surface area contributed by atoms with E-state index in [2.05, 4.69) is 15.5 Å². The van der Waals surface area contributed by atoms with Crippen molar-refractivity contribution in [3.63, 3.8) is 0 Å². The van der Waals surface area contributed by atoms with E-state index in [9.17, 15) is 13.6 Å². The molecule has 0 radical (unpaired) electrons. The van der Waals surface area contributed by atoms with Crippen LogP contribution in [0.2, 0.25) is 0 Å². The molecular weight excluding hydrogens is 240 g/mol. The van der Waals surface area contributed by atoms with E-state index in [1.807, 2.05) is 13.8 Å². The van der Waals surface area contributed by atoms with Gasteiger partial charge in [-0.3, -0.25) is 4.79 Å². The first-order valence-electron chi connectivity index (χ1n) is 5.65. The number of nitrogens with one attached hydrogen (secondary N) is 2. The number of halogens is 2. The van der Waals surface area contributed by atoms with Gasteiger partial charge in [-0.25, -0.2) is 13.9 Å². The summed E-state index contributed by atoms with van der Waals surface area (Å²) in [7, 11) is 0. The van der Waals surface area contributed by atoms with Gasteiger partial charge in [0.2, 0.25) is 0 Å². The Morgan fingerprint density at radius 1 is 1.33 bits per heavy atom. The fourth-order valence-corrected chi connectivity index (χ4v) is 1.91. The van der Waals surface area contributed by atoms with E-state index in [1.54, 1.807) is 0 Å². The second-order valence-electron chi connectivity index (χ2n) is 4.03. The molecule has 0 aliphatic heterocycles. The predicted molar refractivity (Wildman–Crippen MR) is 64.4 cm³/mol. The van der Waals surface area contributed by atoms with Crippen molar-refractivity contribution in [3.05, 3.63) is 39.8 Å². The second kappa shape index (κ2) is 4.81. The minimum atomic E-state index is -1.04. The highest BCUT2D eigenvalue weighted by Gasteiger charge is 2.15. The minimum Gasteiger partial charge on any atom is -0.309 e. The number of hydrogen-bond acceptors (Lipinski definition) is 3. The zero-order valence-electron chi connectivity index (χ0n) is 10.1. The average molecular weight is 253 g/mol. The third-order valence-electron chi connectivity index (χ3n) is 2.78. The van der Waals surface area contributed by atoms with Crippen LogP contribution < -0.4 is 10.9 Å². The summed E-state index contributed by atoms with van der Waals surface area (Å²) >= 11 is 0. The molecule has 18 heavy (non-hydrogen) atoms. The molecular formula is C12H13F2N3O. The molecule has 0 saturated carbocycles. The lowest BCUT2D eigenvalue weighted by Crippen LogP contribution is -2.22. The van der Waals surface area contributed by atoms with Gasteiger partial charge in [0.15, 0.2) is 11.6 Å². The van der Waals surface area contributed by atoms with Gasteiger partial charge in [-0.05, 0) is 25.6 Å². The molecule has 1 atom stereocenters. The van der Waals surface area contributed by atoms with Gasteiger partial charge in [0, 0.05) is 11.4 Å². The van der Waals surface area contributed by atoms with Crippen LogP contribution in [0, 0.1) is 11.6 Å². The molecule has 0 saturated heterocycles. The number of hydrogen-bond donors (Lipinski definition) is 2. The zero-order valence-corrected chi connectivity index (χ0v) is 10.1. The fourth-order valence-electron chi connectivity index (χ4n) is 1.91. The van der Waals surface area contributed by atoms with Gasteiger partial charge >= 0.3 is 0 Å². The van der Waals surface area contributed by atoms with Crippen LogP contribution in [0.15, 0.2) is 16.9 Å². The molecule has 96 valence electrons. The Morgan fingerprint density at radius 2 is 1.94 bits per heavy atom. The molecule has 2 rings (SSSR count). The summed E-state index contributed by atoms with van der Waals surface area (Å²) in [6.07, 6.45) is 0. The Hall–Kier alpha value is -1.82. The van der Waals surface area contributed by atoms with Crippen LogP contribution in [-0.2, 0) is 0 Å². The van der Waals surface area contributed by atoms with Crippen LogP contribution in [-0.4, -0.2) is 16.7 Å². The highest BCUT2D eigenvalue weighted by Crippen LogP contribution is 2.21. The smallest absolute Gasteiger partial charge is 0.272 e. The van der Waals surface area contributed by atoms with Crippen LogP contribution >= 0.6 is 0 Å². The Kier molecular flexibility index (Phi) is 3.38. The first kappa shape index (κ1) is 12.6. The molecule has 0 fully saturated rings. The number of aromatic nitrogens is 2. The van der Waals surface area contributed by atoms with Crippen molar-refractivity contribution in [2.45, 2.75) is 19.9 Å². The van der Waals surface area contributed by atoms with Gasteiger partial charge in [-0.2, -0.15) is 5.10 Å². The van der Waals surface area contributed by atoms with Crippen molar-refractivity contribution in [3.8, 4) is 0 Å². The van der Waals surface area contributed by atoms with Gasteiger partial charge in [0.05, 0.1) is 11.1 Å². The lowest BCUT2D eigenvalue weighted by Gasteiger charge is -2.13. The highest BCUT2D eigenvalue weighted by atomic mass is 19.2. The third kappa shape index (κ3) is 2.11. The van der Waals surface area contributed by atoms with Crippen molar-refractivity contribution < 1.29 is 8.78 Å². The monoisotopic (exact) mass is 253 g/mol. The topological polar surface area (TPSA) is 57.8 Å². The van der Waals surface area contributed by atoms with Gasteiger partial charge in [-0.15, -0.1) is 0 Å². The molecule has 0 bridgehead atoms. The number of fused-ring (bicyclic) bond motifs is 1. The summed E-state index contributed by atoms with van der Waals surface area (Å²) in [5.74, 6) is -2.03. The summed E-state index contributed by atoms with van der Waals surface area (Å²) in [6, 6.07) is 1.74. The summed E-state index contributed by atoms with van der Waals surface area (Å²) < 4.78 is 26.4. The summed E-state index contributed by atoms with van der Waals surface area (Å²) in [5.41, 5.74) is -0.0401. The maximum absolute atomic E-state index is 13.3. The predicted octanol–water partition coefficient (Wildman–Crippen LogP) is 1.87. The maximum Gasteiger partial charge on any atom is 0.272 e. The highest BCUT2D eigenvalue weighted by molar-refractivity contribution is 5.84. The maximum atomic E-state index is 13.3. The molecule has 1 heterocycles. The van der Waals surface area contributed by atoms with Crippen LogP contribution in [0.3, 0.4) is 0 Å². The van der Waals surface area contributed by atoms with Gasteiger partial charge in [0.25, 0.3) is 5.56 Å². The number of nitrogens with zero attached hydrogens (tertiary/aromatic N) is 1. The van der Waals surface area contributed by atoms with Gasteiger partial charge in [0.1, 0.15) is 0 Å². The molecule has 1 unspecified atom stereocenters. The molecule has 6 heteroatoms. The van der Waals surface area contributed by atoms with E-state index in [0.717, 1.165) is 12.1 Å². The second-order valence-corrected chi connectivity index (χ2v) is 4.03. The lowest BCUT2D eigenvalue weighted by atomic mass is 10.1. The van der Waals surface area contributed by atoms with Crippen molar-refractivity contribution in [1.29, 1.82) is 0 Å². The van der Waals surface area contributed by atoms with E-state index in [4.69, 9.17) is 0 Å². The molecule has 0 aliphatic carbocycles. The molecule has 2 N–H and O–H groups in total. The number of H-pyrrole nitrogens is 1. The average Bonchev–Trinajstić information content (AvgIpc) is 2.32. The Labute approximate surface area is 102 Å². The van der Waals surface area contributed by atoms with Crippen molar-refractivity contribution in [2.24, 2.45) is 0 Å². The van der Waals surface area contributed by atoms with E-state index in [0.29, 0.717) is 17.6 Å². The molecule has 4 nitrogen and oxygen atoms in total. The Balaban J connectivity index is 2.72. The SMILES string of the molecule is CCNC(C)c1n[nH]c(=O)c2cc(F)c(F)cc12. The van der Waals surface area contributed by atoms with Crippen LogP contribution in [0.25, 0.3) is 10.8 Å². The Bertz CT molecular complexity index is 639. The number of rotatable bonds is 3. The third-order valence-corrected chi connectivity index (χ3v) is 2.78. The molecule has 0 spiro atoms. The zero-order chi connectivity index (χ0) is 13.3. The van der Waals surface area contributed by atoms with E-state index >= 15 is 0 Å². The lowest BCUT2D eigenvalue weighted by molar-refractivity contribution is 0.510. The van der Waals surface area contributed by atoms with Gasteiger partial charge < -0.3 is 5.32 Å². The quantitative estimate of drug-likeness (QED) is 0.878. The summed E-state index contributed by atoms with van der Waals surface area (Å²) in [6.45, 7) is 4.46. The first-order valence-corrected chi connectivity index (χ1v) is 5.65. The van der Waals surface area contributed by atoms with Crippen molar-refractivity contribution in [2.75, 3.05) is 6.54 Å². The molecule has 2 aromatic rings. The standard InChI is InChI=1S/C12H13F2N3O/c1-3-15-6(2)11-7-4-9(13)10(14)5-8(7)12(18)17-16-11/h4-6,15H,3H2,1-2H3,(H,17,18). The first-order chi connectivity index (χ1) is 8.54. The van der Waals surface area contributed by atoms with Crippen LogP contribution in [0.1, 0.15) is 25.6 Å². The Morgan fingerprint density at radius 3 is 2.56 bits per heavy atom. The molecule has 1 aromatic heterocycles. The molecule has 0 amide bonds. The van der Waals surface area contributed by atoms with E-state index < -0.39 is 17.2 Å². The van der Waals surface area contributed by atoms with Gasteiger partial charge in [-0.1, -0.05) is 6.92 Å². The number of aromatic amines is 1. The van der Waals surface area contributed by atoms with E-state index in [1.165, 1.54) is 0 Å². The minimum absolute atomic E-state index is 0.101. The largest absolute Gasteiger partial charge is 0.309 e. The van der Waals surface area contributed by atoms with E-state index in [-0.39, 0.29) is 11.4 Å². The summed E-state index contributed by atoms with van der Waals surface area (Å²) in [4.78, 5) is 11.5. The number of benzene rings is 1. The normalized spacial score (nSPS) is 12.9. The van der Waals surface area contributed by atoms with Crippen molar-refractivity contribution >= 4 is 10.8 Å². The van der Waals surface area contributed by atoms with Crippen LogP contribution in [0.4, 0.5) is 8.78 Å². The van der Waals surface area contributed by atoms with Crippen LogP contribution in [0.5, 0.6) is 0 Å². The fraction of sp³-hybridized carbons (Fsp3) is 0.333. The molecule has 1 aromatic carbocycles. The summed E-state index contributed by atoms with van der Waals surface area (Å²) in [5, 5.41) is 9.73. The van der Waals surface area contributed by atoms with Crippen molar-refractivity contribution in [1.82, 2.24) is 15.5 Å².